The van der Waals surface area contributed by atoms with Gasteiger partial charge in [0.2, 0.25) is 0 Å². The molecule has 1 aromatic heterocycles. The summed E-state index contributed by atoms with van der Waals surface area (Å²) >= 11 is 0. The van der Waals surface area contributed by atoms with Gasteiger partial charge in [-0.3, -0.25) is 0 Å². The molecule has 0 unspecified atom stereocenters. The highest BCUT2D eigenvalue weighted by molar-refractivity contribution is 6.09. The zero-order valence-electron chi connectivity index (χ0n) is 20.2. The molecule has 0 atom stereocenters. The van der Waals surface area contributed by atoms with Crippen molar-refractivity contribution in [2.75, 3.05) is 30.9 Å². The summed E-state index contributed by atoms with van der Waals surface area (Å²) in [6.07, 6.45) is 0. The Kier molecular flexibility index (Phi) is 5.62. The number of aryl methyl sites for hydroxylation is 1. The molecule has 0 amide bonds. The van der Waals surface area contributed by atoms with Gasteiger partial charge in [0, 0.05) is 24.0 Å². The van der Waals surface area contributed by atoms with E-state index in [9.17, 15) is 0 Å². The number of fused-ring (bicyclic) bond motifs is 2. The standard InChI is InChI=1S/C30H26N4O2/c1-19-24(20-9-5-3-6-10-20)25(21-11-7-4-8-12-21)27(32-23-15-13-22(31-2)14-16-23)28-26(19)33-29-30(34-28)36-18-17-35-29/h3-16,31-32H,17-18H2,1-2H3. The molecule has 1 aliphatic heterocycles. The van der Waals surface area contributed by atoms with E-state index in [2.05, 4.69) is 78.2 Å². The summed E-state index contributed by atoms with van der Waals surface area (Å²) in [7, 11) is 1.91. The first-order valence-corrected chi connectivity index (χ1v) is 12.0. The second-order valence-corrected chi connectivity index (χ2v) is 8.66. The van der Waals surface area contributed by atoms with Crippen LogP contribution in [0.4, 0.5) is 17.1 Å². The van der Waals surface area contributed by atoms with Crippen molar-refractivity contribution in [3.8, 4) is 34.0 Å². The molecule has 178 valence electrons. The summed E-state index contributed by atoms with van der Waals surface area (Å²) in [4.78, 5) is 9.85. The molecule has 36 heavy (non-hydrogen) atoms. The second-order valence-electron chi connectivity index (χ2n) is 8.66. The Labute approximate surface area is 210 Å². The molecule has 0 aliphatic carbocycles. The van der Waals surface area contributed by atoms with Gasteiger partial charge in [0.1, 0.15) is 18.7 Å². The quantitative estimate of drug-likeness (QED) is 0.291. The van der Waals surface area contributed by atoms with E-state index in [1.165, 1.54) is 0 Å². The average Bonchev–Trinajstić information content (AvgIpc) is 2.95. The van der Waals surface area contributed by atoms with E-state index in [1.54, 1.807) is 0 Å². The summed E-state index contributed by atoms with van der Waals surface area (Å²) in [5.74, 6) is 0.862. The Morgan fingerprint density at radius 3 is 1.75 bits per heavy atom. The van der Waals surface area contributed by atoms with Crippen LogP contribution in [0.2, 0.25) is 0 Å². The van der Waals surface area contributed by atoms with E-state index < -0.39 is 0 Å². The molecule has 0 fully saturated rings. The van der Waals surface area contributed by atoms with Crippen molar-refractivity contribution >= 4 is 28.1 Å². The Balaban J connectivity index is 1.71. The van der Waals surface area contributed by atoms with Gasteiger partial charge < -0.3 is 20.1 Å². The van der Waals surface area contributed by atoms with Gasteiger partial charge in [-0.05, 0) is 53.4 Å². The summed E-state index contributed by atoms with van der Waals surface area (Å²) in [6, 6.07) is 29.1. The van der Waals surface area contributed by atoms with Crippen LogP contribution in [-0.4, -0.2) is 30.2 Å². The van der Waals surface area contributed by atoms with Crippen LogP contribution in [0.1, 0.15) is 5.56 Å². The van der Waals surface area contributed by atoms with Crippen LogP contribution in [0.3, 0.4) is 0 Å². The van der Waals surface area contributed by atoms with Crippen LogP contribution in [0, 0.1) is 6.92 Å². The number of nitrogens with zero attached hydrogens (tertiary/aromatic N) is 2. The van der Waals surface area contributed by atoms with Crippen molar-refractivity contribution < 1.29 is 9.47 Å². The largest absolute Gasteiger partial charge is 0.470 e. The van der Waals surface area contributed by atoms with Crippen LogP contribution in [0.15, 0.2) is 84.9 Å². The lowest BCUT2D eigenvalue weighted by Gasteiger charge is -2.24. The van der Waals surface area contributed by atoms with Crippen LogP contribution < -0.4 is 20.1 Å². The number of ether oxygens (including phenoxy) is 2. The van der Waals surface area contributed by atoms with Gasteiger partial charge in [-0.1, -0.05) is 60.7 Å². The monoisotopic (exact) mass is 474 g/mol. The third kappa shape index (κ3) is 3.86. The minimum atomic E-state index is 0.424. The number of anilines is 3. The van der Waals surface area contributed by atoms with Crippen molar-refractivity contribution in [3.05, 3.63) is 90.5 Å². The molecule has 0 saturated heterocycles. The molecule has 1 aliphatic rings. The van der Waals surface area contributed by atoms with Crippen LogP contribution in [-0.2, 0) is 0 Å². The Morgan fingerprint density at radius 1 is 0.639 bits per heavy atom. The molecule has 0 bridgehead atoms. The fraction of sp³-hybridized carbons (Fsp3) is 0.133. The minimum absolute atomic E-state index is 0.424. The van der Waals surface area contributed by atoms with Gasteiger partial charge in [0.25, 0.3) is 11.8 Å². The Bertz CT molecular complexity index is 1540. The van der Waals surface area contributed by atoms with E-state index in [0.29, 0.717) is 25.0 Å². The maximum Gasteiger partial charge on any atom is 0.278 e. The molecule has 0 radical (unpaired) electrons. The van der Waals surface area contributed by atoms with Crippen LogP contribution in [0.5, 0.6) is 11.8 Å². The molecular weight excluding hydrogens is 448 g/mol. The van der Waals surface area contributed by atoms with Crippen LogP contribution in [0.25, 0.3) is 33.3 Å². The van der Waals surface area contributed by atoms with Gasteiger partial charge >= 0.3 is 0 Å². The Morgan fingerprint density at radius 2 is 1.17 bits per heavy atom. The zero-order valence-corrected chi connectivity index (χ0v) is 20.2. The molecule has 0 saturated carbocycles. The third-order valence-corrected chi connectivity index (χ3v) is 6.43. The van der Waals surface area contributed by atoms with Gasteiger partial charge in [0.15, 0.2) is 0 Å². The zero-order chi connectivity index (χ0) is 24.5. The Hall–Kier alpha value is -4.58. The smallest absolute Gasteiger partial charge is 0.278 e. The fourth-order valence-corrected chi connectivity index (χ4v) is 4.70. The summed E-state index contributed by atoms with van der Waals surface area (Å²) in [5, 5.41) is 6.86. The average molecular weight is 475 g/mol. The number of hydrogen-bond acceptors (Lipinski definition) is 6. The first-order chi connectivity index (χ1) is 17.7. The van der Waals surface area contributed by atoms with Crippen LogP contribution >= 0.6 is 0 Å². The second kappa shape index (κ2) is 9.23. The number of rotatable bonds is 5. The number of nitrogens with one attached hydrogen (secondary N) is 2. The molecule has 0 spiro atoms. The summed E-state index contributed by atoms with van der Waals surface area (Å²) < 4.78 is 11.6. The van der Waals surface area contributed by atoms with Gasteiger partial charge in [-0.25, -0.2) is 9.97 Å². The predicted octanol–water partition coefficient (Wildman–Crippen LogP) is 6.83. The molecule has 2 heterocycles. The predicted molar refractivity (Wildman–Crippen MR) is 145 cm³/mol. The van der Waals surface area contributed by atoms with Gasteiger partial charge in [0.05, 0.1) is 11.2 Å². The molecule has 2 N–H and O–H groups in total. The van der Waals surface area contributed by atoms with E-state index in [4.69, 9.17) is 19.4 Å². The minimum Gasteiger partial charge on any atom is -0.470 e. The van der Waals surface area contributed by atoms with E-state index >= 15 is 0 Å². The maximum absolute atomic E-state index is 5.83. The van der Waals surface area contributed by atoms with Crippen molar-refractivity contribution in [2.45, 2.75) is 6.92 Å². The van der Waals surface area contributed by atoms with Crippen molar-refractivity contribution in [3.63, 3.8) is 0 Å². The normalized spacial score (nSPS) is 12.4. The molecule has 6 heteroatoms. The lowest BCUT2D eigenvalue weighted by molar-refractivity contribution is 0.158. The van der Waals surface area contributed by atoms with E-state index in [0.717, 1.165) is 55.9 Å². The first-order valence-electron chi connectivity index (χ1n) is 12.0. The lowest BCUT2D eigenvalue weighted by atomic mass is 9.88. The molecule has 5 aromatic rings. The topological polar surface area (TPSA) is 68.3 Å². The first kappa shape index (κ1) is 21.9. The highest BCUT2D eigenvalue weighted by Crippen LogP contribution is 2.47. The molecular formula is C30H26N4O2. The molecule has 6 nitrogen and oxygen atoms in total. The number of benzene rings is 4. The summed E-state index contributed by atoms with van der Waals surface area (Å²) in [6.45, 7) is 3.02. The SMILES string of the molecule is CNc1ccc(Nc2c(-c3ccccc3)c(-c3ccccc3)c(C)c3nc4c(nc23)OCCO4)cc1. The molecule has 4 aromatic carbocycles. The molecule has 6 rings (SSSR count). The third-order valence-electron chi connectivity index (χ3n) is 6.43. The number of aromatic nitrogens is 2. The maximum atomic E-state index is 5.83. The lowest BCUT2D eigenvalue weighted by Crippen LogP contribution is -2.18. The van der Waals surface area contributed by atoms with E-state index in [-0.39, 0.29) is 0 Å². The summed E-state index contributed by atoms with van der Waals surface area (Å²) in [5.41, 5.74) is 9.81. The number of hydrogen-bond donors (Lipinski definition) is 2. The van der Waals surface area contributed by atoms with Crippen molar-refractivity contribution in [1.82, 2.24) is 9.97 Å². The fourth-order valence-electron chi connectivity index (χ4n) is 4.70. The van der Waals surface area contributed by atoms with E-state index in [1.807, 2.05) is 31.3 Å². The highest BCUT2D eigenvalue weighted by Gasteiger charge is 2.25. The van der Waals surface area contributed by atoms with Gasteiger partial charge in [-0.15, -0.1) is 0 Å². The van der Waals surface area contributed by atoms with Crippen molar-refractivity contribution in [2.24, 2.45) is 0 Å². The van der Waals surface area contributed by atoms with Crippen molar-refractivity contribution in [1.29, 1.82) is 0 Å². The van der Waals surface area contributed by atoms with Gasteiger partial charge in [-0.2, -0.15) is 0 Å². The highest BCUT2D eigenvalue weighted by atomic mass is 16.6.